The molecule has 1 aliphatic carbocycles. The first-order chi connectivity index (χ1) is 15.1. The summed E-state index contributed by atoms with van der Waals surface area (Å²) in [6, 6.07) is 10.3. The van der Waals surface area contributed by atoms with Crippen LogP contribution in [0.3, 0.4) is 0 Å². The minimum Gasteiger partial charge on any atom is -0.459 e. The Morgan fingerprint density at radius 1 is 1.13 bits per heavy atom. The normalized spacial score (nSPS) is 31.7. The molecular weight excluding hydrogens is 390 g/mol. The average Bonchev–Trinajstić information content (AvgIpc) is 3.15. The summed E-state index contributed by atoms with van der Waals surface area (Å²) in [7, 11) is 0. The van der Waals surface area contributed by atoms with Gasteiger partial charge in [-0.05, 0) is 86.6 Å². The number of allylic oxidation sites excluding steroid dienone is 2. The molecule has 4 rings (SSSR count). The average molecular weight is 422 g/mol. The van der Waals surface area contributed by atoms with Gasteiger partial charge in [0.2, 0.25) is 0 Å². The highest BCUT2D eigenvalue weighted by atomic mass is 16.5. The number of hydrogen-bond acceptors (Lipinski definition) is 5. The number of nitrogens with zero attached hydrogens (tertiary/aromatic N) is 1. The second-order valence-corrected chi connectivity index (χ2v) is 8.79. The third-order valence-electron chi connectivity index (χ3n) is 6.49. The molecular formula is C26H31NO4. The lowest BCUT2D eigenvalue weighted by Crippen LogP contribution is -2.22. The van der Waals surface area contributed by atoms with E-state index in [2.05, 4.69) is 35.3 Å². The maximum absolute atomic E-state index is 12.4. The zero-order valence-electron chi connectivity index (χ0n) is 17.8. The van der Waals surface area contributed by atoms with Crippen LogP contribution in [0.1, 0.15) is 44.1 Å². The van der Waals surface area contributed by atoms with Crippen molar-refractivity contribution in [2.24, 2.45) is 11.8 Å². The first kappa shape index (κ1) is 21.7. The molecule has 0 radical (unpaired) electrons. The van der Waals surface area contributed by atoms with Crippen molar-refractivity contribution < 1.29 is 19.7 Å². The Labute approximate surface area is 183 Å². The number of aryl methyl sites for hydroxylation is 1. The van der Waals surface area contributed by atoms with E-state index in [1.807, 2.05) is 12.1 Å². The van der Waals surface area contributed by atoms with E-state index in [0.717, 1.165) is 43.0 Å². The van der Waals surface area contributed by atoms with Crippen molar-refractivity contribution in [1.82, 2.24) is 4.98 Å². The molecule has 0 bridgehead atoms. The third-order valence-corrected chi connectivity index (χ3v) is 6.49. The molecule has 164 valence electrons. The molecule has 0 unspecified atom stereocenters. The van der Waals surface area contributed by atoms with Crippen LogP contribution in [0.5, 0.6) is 0 Å². The van der Waals surface area contributed by atoms with Crippen LogP contribution in [0.15, 0.2) is 60.8 Å². The molecule has 0 amide bonds. The second-order valence-electron chi connectivity index (χ2n) is 8.79. The number of aliphatic hydroxyl groups excluding tert-OH is 2. The summed E-state index contributed by atoms with van der Waals surface area (Å²) in [5.41, 5.74) is 2.18. The van der Waals surface area contributed by atoms with Gasteiger partial charge in [-0.1, -0.05) is 24.3 Å². The minimum absolute atomic E-state index is 0.0609. The predicted molar refractivity (Wildman–Crippen MR) is 120 cm³/mol. The molecule has 2 heterocycles. The number of benzene rings is 1. The fourth-order valence-corrected chi connectivity index (χ4v) is 4.82. The highest BCUT2D eigenvalue weighted by Gasteiger charge is 2.35. The van der Waals surface area contributed by atoms with Gasteiger partial charge in [0.05, 0.1) is 17.7 Å². The first-order valence-corrected chi connectivity index (χ1v) is 11.3. The van der Waals surface area contributed by atoms with Gasteiger partial charge >= 0.3 is 5.97 Å². The van der Waals surface area contributed by atoms with Gasteiger partial charge < -0.3 is 14.9 Å². The first-order valence-electron chi connectivity index (χ1n) is 11.3. The van der Waals surface area contributed by atoms with Crippen LogP contribution in [0.4, 0.5) is 0 Å². The molecule has 5 atom stereocenters. The molecule has 0 saturated heterocycles. The number of pyridine rings is 1. The monoisotopic (exact) mass is 421 g/mol. The molecule has 1 aromatic carbocycles. The summed E-state index contributed by atoms with van der Waals surface area (Å²) >= 11 is 0. The number of ether oxygens (including phenoxy) is 1. The maximum Gasteiger partial charge on any atom is 0.330 e. The predicted octanol–water partition coefficient (Wildman–Crippen LogP) is 4.12. The topological polar surface area (TPSA) is 79.7 Å². The van der Waals surface area contributed by atoms with Crippen LogP contribution in [0.2, 0.25) is 0 Å². The van der Waals surface area contributed by atoms with Gasteiger partial charge in [-0.15, -0.1) is 0 Å². The maximum atomic E-state index is 12.4. The van der Waals surface area contributed by atoms with Crippen molar-refractivity contribution in [3.8, 4) is 0 Å². The molecule has 2 aromatic rings. The van der Waals surface area contributed by atoms with E-state index in [1.54, 1.807) is 6.20 Å². The lowest BCUT2D eigenvalue weighted by atomic mass is 9.90. The number of rotatable bonds is 3. The summed E-state index contributed by atoms with van der Waals surface area (Å²) < 4.78 is 5.73. The van der Waals surface area contributed by atoms with Crippen molar-refractivity contribution >= 4 is 16.9 Å². The molecule has 1 aromatic heterocycles. The fraction of sp³-hybridized carbons (Fsp3) is 0.462. The molecule has 2 N–H and O–H groups in total. The van der Waals surface area contributed by atoms with E-state index in [-0.39, 0.29) is 17.9 Å². The van der Waals surface area contributed by atoms with Gasteiger partial charge in [0.25, 0.3) is 0 Å². The lowest BCUT2D eigenvalue weighted by Gasteiger charge is -2.19. The number of esters is 1. The highest BCUT2D eigenvalue weighted by Crippen LogP contribution is 2.36. The lowest BCUT2D eigenvalue weighted by molar-refractivity contribution is -0.143. The molecule has 2 aliphatic rings. The van der Waals surface area contributed by atoms with Gasteiger partial charge in [0.15, 0.2) is 0 Å². The molecule has 1 fully saturated rings. The Kier molecular flexibility index (Phi) is 7.15. The zero-order valence-corrected chi connectivity index (χ0v) is 17.8. The van der Waals surface area contributed by atoms with Crippen molar-refractivity contribution in [3.05, 3.63) is 66.4 Å². The van der Waals surface area contributed by atoms with Crippen LogP contribution in [-0.4, -0.2) is 39.5 Å². The Morgan fingerprint density at radius 3 is 2.94 bits per heavy atom. The van der Waals surface area contributed by atoms with Crippen molar-refractivity contribution in [2.45, 2.75) is 63.3 Å². The number of carbonyl (C=O) groups excluding carboxylic acids is 1. The number of aliphatic hydroxyl groups is 2. The standard InChI is InChI=1S/C26H31NO4/c28-21-16-19-5-2-1-3-7-22(31-26(30)13-12-25(29)23(19)17-21)10-8-18-9-11-24-20(15-18)6-4-14-27-24/h2,4-6,9,11-15,19,21-23,25,28-29H,1,3,7-8,10,16-17H2/b5-2+,13-12+/t19-,21+,22-,23-,25-/m1/s1. The van der Waals surface area contributed by atoms with Crippen LogP contribution in [-0.2, 0) is 16.0 Å². The fourth-order valence-electron chi connectivity index (χ4n) is 4.82. The van der Waals surface area contributed by atoms with E-state index in [0.29, 0.717) is 12.8 Å². The molecule has 31 heavy (non-hydrogen) atoms. The van der Waals surface area contributed by atoms with Crippen LogP contribution < -0.4 is 0 Å². The summed E-state index contributed by atoms with van der Waals surface area (Å²) in [6.07, 6.45) is 13.1. The minimum atomic E-state index is -0.759. The quantitative estimate of drug-likeness (QED) is 0.576. The van der Waals surface area contributed by atoms with Gasteiger partial charge in [0.1, 0.15) is 6.10 Å². The van der Waals surface area contributed by atoms with Crippen molar-refractivity contribution in [1.29, 1.82) is 0 Å². The largest absolute Gasteiger partial charge is 0.459 e. The Bertz CT molecular complexity index is 953. The number of carbonyl (C=O) groups is 1. The van der Waals surface area contributed by atoms with Gasteiger partial charge in [-0.25, -0.2) is 4.79 Å². The summed E-state index contributed by atoms with van der Waals surface area (Å²) in [5.74, 6) is -0.326. The van der Waals surface area contributed by atoms with Crippen LogP contribution in [0.25, 0.3) is 10.9 Å². The van der Waals surface area contributed by atoms with Gasteiger partial charge in [-0.2, -0.15) is 0 Å². The summed E-state index contributed by atoms with van der Waals surface area (Å²) in [4.78, 5) is 16.8. The van der Waals surface area contributed by atoms with E-state index in [1.165, 1.54) is 17.7 Å². The van der Waals surface area contributed by atoms with E-state index in [4.69, 9.17) is 4.74 Å². The number of fused-ring (bicyclic) bond motifs is 2. The Hall–Kier alpha value is -2.50. The van der Waals surface area contributed by atoms with Gasteiger partial charge in [-0.3, -0.25) is 4.98 Å². The number of cyclic esters (lactones) is 1. The highest BCUT2D eigenvalue weighted by molar-refractivity contribution is 5.82. The number of aromatic nitrogens is 1. The zero-order chi connectivity index (χ0) is 21.6. The van der Waals surface area contributed by atoms with E-state index in [9.17, 15) is 15.0 Å². The van der Waals surface area contributed by atoms with Crippen LogP contribution in [0, 0.1) is 11.8 Å². The summed E-state index contributed by atoms with van der Waals surface area (Å²) in [5, 5.41) is 21.6. The van der Waals surface area contributed by atoms with Crippen molar-refractivity contribution in [3.63, 3.8) is 0 Å². The Morgan fingerprint density at radius 2 is 2.03 bits per heavy atom. The molecule has 5 heteroatoms. The number of hydrogen-bond donors (Lipinski definition) is 2. The van der Waals surface area contributed by atoms with Crippen LogP contribution >= 0.6 is 0 Å². The molecule has 1 saturated carbocycles. The Balaban J connectivity index is 1.41. The van der Waals surface area contributed by atoms with E-state index < -0.39 is 18.2 Å². The summed E-state index contributed by atoms with van der Waals surface area (Å²) in [6.45, 7) is 0. The molecule has 0 spiro atoms. The van der Waals surface area contributed by atoms with Crippen molar-refractivity contribution in [2.75, 3.05) is 0 Å². The SMILES string of the molecule is O=C1/C=C/[C@@H](O)[C@@H]2C[C@@H](O)C[C@H]2/C=C/CCC[C@H](CCc2ccc3ncccc3c2)O1. The molecule has 1 aliphatic heterocycles. The smallest absolute Gasteiger partial charge is 0.330 e. The molecule has 5 nitrogen and oxygen atoms in total. The van der Waals surface area contributed by atoms with E-state index >= 15 is 0 Å². The van der Waals surface area contributed by atoms with Gasteiger partial charge in [0, 0.05) is 17.7 Å². The second kappa shape index (κ2) is 10.2. The third kappa shape index (κ3) is 5.81.